The molecular weight excluding hydrogens is 476 g/mol. The van der Waals surface area contributed by atoms with Crippen LogP contribution in [0.25, 0.3) is 0 Å². The Bertz CT molecular complexity index is 1380. The van der Waals surface area contributed by atoms with E-state index in [0.29, 0.717) is 35.2 Å². The maximum absolute atomic E-state index is 13.4. The molecule has 0 aliphatic heterocycles. The molecule has 7 nitrogen and oxygen atoms in total. The fraction of sp³-hybridized carbons (Fsp3) is 0.107. The molecule has 0 aliphatic carbocycles. The van der Waals surface area contributed by atoms with Crippen LogP contribution in [0.1, 0.15) is 6.92 Å². The minimum absolute atomic E-state index is 0.0918. The normalized spacial score (nSPS) is 10.9. The second kappa shape index (κ2) is 11.4. The van der Waals surface area contributed by atoms with E-state index in [9.17, 15) is 13.2 Å². The first-order valence-electron chi connectivity index (χ1n) is 11.4. The highest BCUT2D eigenvalue weighted by Crippen LogP contribution is 2.27. The standard InChI is InChI=1S/C28H26N2O5S/c1-2-34-24-19-15-23(16-20-24)30(36(32,33)27-11-7-4-8-12-27)21-28(31)29-22-13-17-26(18-14-22)35-25-9-5-3-6-10-25/h3-20H,2,21H2,1H3,(H,29,31). The Hall–Kier alpha value is -4.30. The van der Waals surface area contributed by atoms with Gasteiger partial charge in [-0.15, -0.1) is 0 Å². The number of sulfonamides is 1. The third-order valence-electron chi connectivity index (χ3n) is 5.17. The molecule has 4 aromatic rings. The first kappa shape index (κ1) is 24.8. The summed E-state index contributed by atoms with van der Waals surface area (Å²) in [5.41, 5.74) is 0.869. The summed E-state index contributed by atoms with van der Waals surface area (Å²) in [5.74, 6) is 1.44. The lowest BCUT2D eigenvalue weighted by Gasteiger charge is -2.24. The van der Waals surface area contributed by atoms with Crippen LogP contribution in [0.2, 0.25) is 0 Å². The minimum atomic E-state index is -4.00. The van der Waals surface area contributed by atoms with E-state index in [1.165, 1.54) is 12.1 Å². The zero-order valence-electron chi connectivity index (χ0n) is 19.7. The molecule has 184 valence electrons. The molecule has 4 aromatic carbocycles. The molecule has 0 bridgehead atoms. The van der Waals surface area contributed by atoms with Crippen molar-refractivity contribution in [1.82, 2.24) is 0 Å². The summed E-state index contributed by atoms with van der Waals surface area (Å²) in [5, 5.41) is 2.76. The number of rotatable bonds is 10. The van der Waals surface area contributed by atoms with Gasteiger partial charge < -0.3 is 14.8 Å². The molecule has 0 radical (unpaired) electrons. The van der Waals surface area contributed by atoms with E-state index >= 15 is 0 Å². The Morgan fingerprint density at radius 1 is 0.750 bits per heavy atom. The maximum Gasteiger partial charge on any atom is 0.264 e. The average molecular weight is 503 g/mol. The number of hydrogen-bond donors (Lipinski definition) is 1. The van der Waals surface area contributed by atoms with Crippen molar-refractivity contribution >= 4 is 27.3 Å². The molecule has 0 saturated heterocycles. The van der Waals surface area contributed by atoms with Crippen LogP contribution in [0.5, 0.6) is 17.2 Å². The van der Waals surface area contributed by atoms with Crippen LogP contribution in [0.15, 0.2) is 114 Å². The second-order valence-corrected chi connectivity index (χ2v) is 9.60. The summed E-state index contributed by atoms with van der Waals surface area (Å²) in [6.07, 6.45) is 0. The highest BCUT2D eigenvalue weighted by molar-refractivity contribution is 7.92. The van der Waals surface area contributed by atoms with Gasteiger partial charge in [0.1, 0.15) is 23.8 Å². The van der Waals surface area contributed by atoms with E-state index < -0.39 is 22.5 Å². The lowest BCUT2D eigenvalue weighted by atomic mass is 10.3. The van der Waals surface area contributed by atoms with Crippen LogP contribution in [-0.4, -0.2) is 27.5 Å². The Labute approximate surface area is 211 Å². The van der Waals surface area contributed by atoms with Crippen LogP contribution < -0.4 is 19.1 Å². The molecule has 0 aromatic heterocycles. The topological polar surface area (TPSA) is 84.9 Å². The molecule has 0 atom stereocenters. The summed E-state index contributed by atoms with van der Waals surface area (Å²) in [6.45, 7) is 1.95. The summed E-state index contributed by atoms with van der Waals surface area (Å²) in [7, 11) is -4.00. The number of para-hydroxylation sites is 1. The number of nitrogens with zero attached hydrogens (tertiary/aromatic N) is 1. The highest BCUT2D eigenvalue weighted by atomic mass is 32.2. The van der Waals surface area contributed by atoms with Crippen LogP contribution in [0, 0.1) is 0 Å². The molecule has 0 unspecified atom stereocenters. The van der Waals surface area contributed by atoms with E-state index in [0.717, 1.165) is 4.31 Å². The molecule has 0 fully saturated rings. The molecule has 36 heavy (non-hydrogen) atoms. The predicted molar refractivity (Wildman–Crippen MR) is 140 cm³/mol. The van der Waals surface area contributed by atoms with Gasteiger partial charge in [0, 0.05) is 5.69 Å². The molecule has 1 N–H and O–H groups in total. The SMILES string of the molecule is CCOc1ccc(N(CC(=O)Nc2ccc(Oc3ccccc3)cc2)S(=O)(=O)c2ccccc2)cc1. The van der Waals surface area contributed by atoms with Crippen LogP contribution >= 0.6 is 0 Å². The van der Waals surface area contributed by atoms with Crippen molar-refractivity contribution in [3.63, 3.8) is 0 Å². The fourth-order valence-electron chi connectivity index (χ4n) is 3.47. The minimum Gasteiger partial charge on any atom is -0.494 e. The van der Waals surface area contributed by atoms with Gasteiger partial charge in [0.25, 0.3) is 10.0 Å². The maximum atomic E-state index is 13.4. The number of ether oxygens (including phenoxy) is 2. The lowest BCUT2D eigenvalue weighted by molar-refractivity contribution is -0.114. The molecule has 4 rings (SSSR count). The van der Waals surface area contributed by atoms with Crippen molar-refractivity contribution in [2.75, 3.05) is 22.8 Å². The monoisotopic (exact) mass is 502 g/mol. The molecule has 8 heteroatoms. The van der Waals surface area contributed by atoms with E-state index in [-0.39, 0.29) is 4.90 Å². The summed E-state index contributed by atoms with van der Waals surface area (Å²) >= 11 is 0. The van der Waals surface area contributed by atoms with Gasteiger partial charge >= 0.3 is 0 Å². The largest absolute Gasteiger partial charge is 0.494 e. The Morgan fingerprint density at radius 2 is 1.31 bits per heavy atom. The number of anilines is 2. The van der Waals surface area contributed by atoms with Crippen molar-refractivity contribution in [1.29, 1.82) is 0 Å². The van der Waals surface area contributed by atoms with Gasteiger partial charge in [0.15, 0.2) is 0 Å². The summed E-state index contributed by atoms with van der Waals surface area (Å²) < 4.78 is 39.2. The molecule has 1 amide bonds. The first-order valence-corrected chi connectivity index (χ1v) is 12.8. The first-order chi connectivity index (χ1) is 17.5. The lowest BCUT2D eigenvalue weighted by Crippen LogP contribution is -2.38. The van der Waals surface area contributed by atoms with Crippen molar-refractivity contribution in [2.24, 2.45) is 0 Å². The molecule has 0 spiro atoms. The summed E-state index contributed by atoms with van der Waals surface area (Å²) in [4.78, 5) is 13.0. The number of nitrogens with one attached hydrogen (secondary N) is 1. The molecular formula is C28H26N2O5S. The van der Waals surface area contributed by atoms with E-state index in [1.54, 1.807) is 66.7 Å². The van der Waals surface area contributed by atoms with Crippen LogP contribution in [0.4, 0.5) is 11.4 Å². The molecule has 0 aliphatic rings. The number of hydrogen-bond acceptors (Lipinski definition) is 5. The third kappa shape index (κ3) is 6.22. The average Bonchev–Trinajstić information content (AvgIpc) is 2.90. The molecule has 0 saturated carbocycles. The smallest absolute Gasteiger partial charge is 0.264 e. The van der Waals surface area contributed by atoms with Crippen molar-refractivity contribution in [3.8, 4) is 17.2 Å². The quantitative estimate of drug-likeness (QED) is 0.300. The highest BCUT2D eigenvalue weighted by Gasteiger charge is 2.27. The number of carbonyl (C=O) groups excluding carboxylic acids is 1. The van der Waals surface area contributed by atoms with Gasteiger partial charge in [-0.25, -0.2) is 8.42 Å². The Kier molecular flexibility index (Phi) is 7.87. The predicted octanol–water partition coefficient (Wildman–Crippen LogP) is 5.71. The van der Waals surface area contributed by atoms with Crippen molar-refractivity contribution in [2.45, 2.75) is 11.8 Å². The van der Waals surface area contributed by atoms with Crippen molar-refractivity contribution in [3.05, 3.63) is 109 Å². The van der Waals surface area contributed by atoms with Gasteiger partial charge in [-0.3, -0.25) is 9.10 Å². The van der Waals surface area contributed by atoms with Gasteiger partial charge in [-0.2, -0.15) is 0 Å². The van der Waals surface area contributed by atoms with Gasteiger partial charge in [0.05, 0.1) is 17.2 Å². The van der Waals surface area contributed by atoms with Crippen molar-refractivity contribution < 1.29 is 22.7 Å². The zero-order chi connectivity index (χ0) is 25.4. The number of carbonyl (C=O) groups is 1. The third-order valence-corrected chi connectivity index (χ3v) is 6.96. The van der Waals surface area contributed by atoms with Gasteiger partial charge in [0.2, 0.25) is 5.91 Å². The zero-order valence-corrected chi connectivity index (χ0v) is 20.5. The van der Waals surface area contributed by atoms with Gasteiger partial charge in [-0.1, -0.05) is 36.4 Å². The van der Waals surface area contributed by atoms with Gasteiger partial charge in [-0.05, 0) is 79.7 Å². The van der Waals surface area contributed by atoms with Crippen LogP contribution in [0.3, 0.4) is 0 Å². The van der Waals surface area contributed by atoms with E-state index in [2.05, 4.69) is 5.32 Å². The second-order valence-electron chi connectivity index (χ2n) is 7.74. The number of benzene rings is 4. The molecule has 0 heterocycles. The fourth-order valence-corrected chi connectivity index (χ4v) is 4.91. The Morgan fingerprint density at radius 3 is 1.92 bits per heavy atom. The van der Waals surface area contributed by atoms with Crippen LogP contribution in [-0.2, 0) is 14.8 Å². The van der Waals surface area contributed by atoms with E-state index in [4.69, 9.17) is 9.47 Å². The number of amides is 1. The summed E-state index contributed by atoms with van der Waals surface area (Å²) in [6, 6.07) is 30.8. The Balaban J connectivity index is 1.52. The van der Waals surface area contributed by atoms with E-state index in [1.807, 2.05) is 37.3 Å².